The molecule has 0 saturated heterocycles. The minimum absolute atomic E-state index is 0.0580. The maximum Gasteiger partial charge on any atom is 0.433 e. The zero-order valence-electron chi connectivity index (χ0n) is 18.7. The first-order chi connectivity index (χ1) is 16.5. The number of hydrogen-bond donors (Lipinski definition) is 1. The summed E-state index contributed by atoms with van der Waals surface area (Å²) in [6, 6.07) is 6.67. The predicted octanol–water partition coefficient (Wildman–Crippen LogP) is 6.15. The van der Waals surface area contributed by atoms with Gasteiger partial charge in [-0.2, -0.15) is 13.2 Å². The lowest BCUT2D eigenvalue weighted by Gasteiger charge is -2.08. The molecule has 3 heterocycles. The van der Waals surface area contributed by atoms with Crippen molar-refractivity contribution in [3.8, 4) is 11.1 Å². The average molecular weight is 505 g/mol. The number of fused-ring (bicyclic) bond motifs is 1. The second kappa shape index (κ2) is 9.65. The SMILES string of the molecule is CC(C)n1cc(-c2ccc(C(F)(F)F)nc2)c2nc(SCc3ccc(F)c(CC(=O)O)c3)ncc21. The quantitative estimate of drug-likeness (QED) is 0.185. The van der Waals surface area contributed by atoms with E-state index in [9.17, 15) is 22.4 Å². The molecule has 0 aliphatic heterocycles. The van der Waals surface area contributed by atoms with E-state index in [1.165, 1.54) is 36.2 Å². The number of pyridine rings is 1. The van der Waals surface area contributed by atoms with Crippen molar-refractivity contribution in [2.45, 2.75) is 43.4 Å². The fraction of sp³-hybridized carbons (Fsp3) is 0.250. The maximum absolute atomic E-state index is 13.9. The Morgan fingerprint density at radius 2 is 1.91 bits per heavy atom. The highest BCUT2D eigenvalue weighted by atomic mass is 32.2. The van der Waals surface area contributed by atoms with Crippen LogP contribution in [0.4, 0.5) is 17.6 Å². The van der Waals surface area contributed by atoms with E-state index in [0.717, 1.165) is 11.6 Å². The van der Waals surface area contributed by atoms with E-state index < -0.39 is 30.1 Å². The molecule has 0 spiro atoms. The number of carboxylic acids is 1. The molecule has 0 aliphatic carbocycles. The Hall–Kier alpha value is -3.47. The first-order valence-electron chi connectivity index (χ1n) is 10.6. The van der Waals surface area contributed by atoms with Gasteiger partial charge in [-0.1, -0.05) is 30.0 Å². The van der Waals surface area contributed by atoms with Crippen LogP contribution < -0.4 is 0 Å². The first-order valence-corrected chi connectivity index (χ1v) is 11.5. The zero-order chi connectivity index (χ0) is 25.3. The van der Waals surface area contributed by atoms with Gasteiger partial charge >= 0.3 is 12.1 Å². The molecular weight excluding hydrogens is 484 g/mol. The second-order valence-electron chi connectivity index (χ2n) is 8.15. The fourth-order valence-corrected chi connectivity index (χ4v) is 4.37. The van der Waals surface area contributed by atoms with Crippen LogP contribution in [0.25, 0.3) is 22.2 Å². The van der Waals surface area contributed by atoms with Crippen LogP contribution in [0.15, 0.2) is 54.1 Å². The Morgan fingerprint density at radius 3 is 2.54 bits per heavy atom. The van der Waals surface area contributed by atoms with Crippen molar-refractivity contribution in [2.75, 3.05) is 0 Å². The first kappa shape index (κ1) is 24.6. The number of benzene rings is 1. The summed E-state index contributed by atoms with van der Waals surface area (Å²) in [5, 5.41) is 9.37. The van der Waals surface area contributed by atoms with E-state index in [0.29, 0.717) is 33.1 Å². The normalized spacial score (nSPS) is 12.0. The number of rotatable bonds is 7. The zero-order valence-corrected chi connectivity index (χ0v) is 19.5. The summed E-state index contributed by atoms with van der Waals surface area (Å²) in [6.45, 7) is 3.94. The third-order valence-corrected chi connectivity index (χ3v) is 6.22. The van der Waals surface area contributed by atoms with E-state index in [2.05, 4.69) is 15.0 Å². The van der Waals surface area contributed by atoms with Gasteiger partial charge in [-0.3, -0.25) is 9.78 Å². The van der Waals surface area contributed by atoms with Gasteiger partial charge in [0.2, 0.25) is 0 Å². The van der Waals surface area contributed by atoms with Crippen LogP contribution in [0.5, 0.6) is 0 Å². The smallest absolute Gasteiger partial charge is 0.433 e. The Kier molecular flexibility index (Phi) is 6.79. The molecule has 0 radical (unpaired) electrons. The molecule has 11 heteroatoms. The van der Waals surface area contributed by atoms with E-state index in [1.807, 2.05) is 24.6 Å². The molecule has 0 fully saturated rings. The van der Waals surface area contributed by atoms with Gasteiger partial charge in [0.25, 0.3) is 0 Å². The minimum Gasteiger partial charge on any atom is -0.481 e. The molecule has 0 atom stereocenters. The lowest BCUT2D eigenvalue weighted by atomic mass is 10.1. The fourth-order valence-electron chi connectivity index (χ4n) is 3.61. The number of thioether (sulfide) groups is 1. The lowest BCUT2D eigenvalue weighted by Crippen LogP contribution is -2.07. The van der Waals surface area contributed by atoms with Crippen LogP contribution in [-0.4, -0.2) is 30.6 Å². The molecular formula is C24H20F4N4O2S. The second-order valence-corrected chi connectivity index (χ2v) is 9.09. The molecule has 0 unspecified atom stereocenters. The topological polar surface area (TPSA) is 80.9 Å². The van der Waals surface area contributed by atoms with Gasteiger partial charge in [0.1, 0.15) is 17.0 Å². The number of halogens is 4. The van der Waals surface area contributed by atoms with Crippen LogP contribution in [0.2, 0.25) is 0 Å². The molecule has 1 N–H and O–H groups in total. The van der Waals surface area contributed by atoms with Gasteiger partial charge in [0, 0.05) is 35.3 Å². The highest BCUT2D eigenvalue weighted by Crippen LogP contribution is 2.34. The number of aliphatic carboxylic acids is 1. The van der Waals surface area contributed by atoms with Crippen molar-refractivity contribution in [1.82, 2.24) is 19.5 Å². The molecule has 6 nitrogen and oxygen atoms in total. The van der Waals surface area contributed by atoms with Crippen LogP contribution >= 0.6 is 11.8 Å². The van der Waals surface area contributed by atoms with E-state index in [4.69, 9.17) is 5.11 Å². The van der Waals surface area contributed by atoms with Crippen LogP contribution in [0.1, 0.15) is 36.7 Å². The number of hydrogen-bond acceptors (Lipinski definition) is 5. The van der Waals surface area contributed by atoms with Crippen LogP contribution in [-0.2, 0) is 23.1 Å². The van der Waals surface area contributed by atoms with Crippen molar-refractivity contribution >= 4 is 28.8 Å². The van der Waals surface area contributed by atoms with E-state index in [-0.39, 0.29) is 11.6 Å². The molecule has 0 saturated carbocycles. The number of carboxylic acid groups (broad SMARTS) is 1. The number of aromatic nitrogens is 4. The molecule has 0 amide bonds. The van der Waals surface area contributed by atoms with Crippen molar-refractivity contribution < 1.29 is 27.5 Å². The summed E-state index contributed by atoms with van der Waals surface area (Å²) >= 11 is 1.28. The summed E-state index contributed by atoms with van der Waals surface area (Å²) in [5.41, 5.74) is 2.26. The van der Waals surface area contributed by atoms with E-state index in [1.54, 1.807) is 12.3 Å². The minimum atomic E-state index is -4.53. The highest BCUT2D eigenvalue weighted by molar-refractivity contribution is 7.98. The van der Waals surface area contributed by atoms with Crippen molar-refractivity contribution in [2.24, 2.45) is 0 Å². The van der Waals surface area contributed by atoms with Gasteiger partial charge in [-0.25, -0.2) is 14.4 Å². The van der Waals surface area contributed by atoms with Gasteiger partial charge in [0.05, 0.1) is 18.1 Å². The summed E-state index contributed by atoms with van der Waals surface area (Å²) in [7, 11) is 0. The number of alkyl halides is 3. The third kappa shape index (κ3) is 5.45. The summed E-state index contributed by atoms with van der Waals surface area (Å²) in [5.74, 6) is -1.33. The van der Waals surface area contributed by atoms with Gasteiger partial charge in [-0.15, -0.1) is 0 Å². The number of carbonyl (C=O) groups is 1. The average Bonchev–Trinajstić information content (AvgIpc) is 3.18. The Morgan fingerprint density at radius 1 is 1.14 bits per heavy atom. The molecule has 182 valence electrons. The Labute approximate surface area is 202 Å². The largest absolute Gasteiger partial charge is 0.481 e. The summed E-state index contributed by atoms with van der Waals surface area (Å²) in [6.07, 6.45) is -0.284. The Balaban J connectivity index is 1.66. The Bertz CT molecular complexity index is 1390. The lowest BCUT2D eigenvalue weighted by molar-refractivity contribution is -0.141. The molecule has 3 aromatic heterocycles. The predicted molar refractivity (Wildman–Crippen MR) is 123 cm³/mol. The van der Waals surface area contributed by atoms with Crippen molar-refractivity contribution in [3.63, 3.8) is 0 Å². The van der Waals surface area contributed by atoms with Crippen molar-refractivity contribution in [1.29, 1.82) is 0 Å². The van der Waals surface area contributed by atoms with Gasteiger partial charge < -0.3 is 9.67 Å². The van der Waals surface area contributed by atoms with Crippen molar-refractivity contribution in [3.05, 3.63) is 71.6 Å². The summed E-state index contributed by atoms with van der Waals surface area (Å²) in [4.78, 5) is 23.6. The molecule has 35 heavy (non-hydrogen) atoms. The van der Waals surface area contributed by atoms with Crippen LogP contribution in [0, 0.1) is 5.82 Å². The number of nitrogens with zero attached hydrogens (tertiary/aromatic N) is 4. The molecule has 1 aromatic carbocycles. The van der Waals surface area contributed by atoms with Crippen LogP contribution in [0.3, 0.4) is 0 Å². The third-order valence-electron chi connectivity index (χ3n) is 5.29. The van der Waals surface area contributed by atoms with E-state index >= 15 is 0 Å². The monoisotopic (exact) mass is 504 g/mol. The molecule has 4 rings (SSSR count). The molecule has 4 aromatic rings. The van der Waals surface area contributed by atoms with Gasteiger partial charge in [-0.05, 0) is 37.1 Å². The summed E-state index contributed by atoms with van der Waals surface area (Å²) < 4.78 is 54.6. The highest BCUT2D eigenvalue weighted by Gasteiger charge is 2.32. The molecule has 0 bridgehead atoms. The van der Waals surface area contributed by atoms with Gasteiger partial charge in [0.15, 0.2) is 5.16 Å². The maximum atomic E-state index is 13.9. The standard InChI is InChI=1S/C24H20F4N4O2S/c1-13(2)32-11-17(15-4-6-20(29-9-15)24(26,27)28)22-19(32)10-30-23(31-22)35-12-14-3-5-18(25)16(7-14)8-21(33)34/h3-7,9-11,13H,8,12H2,1-2H3,(H,33,34). The molecule has 0 aliphatic rings.